The van der Waals surface area contributed by atoms with Gasteiger partial charge in [0.05, 0.1) is 13.5 Å². The Morgan fingerprint density at radius 1 is 1.33 bits per heavy atom. The van der Waals surface area contributed by atoms with E-state index in [-0.39, 0.29) is 17.9 Å². The number of para-hydroxylation sites is 1. The minimum Gasteiger partial charge on any atom is -0.469 e. The Kier molecular flexibility index (Phi) is 4.52. The molecule has 2 rings (SSSR count). The predicted molar refractivity (Wildman–Crippen MR) is 75.9 cm³/mol. The predicted octanol–water partition coefficient (Wildman–Crippen LogP) is 2.77. The summed E-state index contributed by atoms with van der Waals surface area (Å²) in [4.78, 5) is 15.7. The number of carbonyl (C=O) groups excluding carboxylic acids is 1. The fourth-order valence-electron chi connectivity index (χ4n) is 1.87. The number of methoxy groups -OCH3 is 1. The molecule has 1 heterocycles. The van der Waals surface area contributed by atoms with Gasteiger partial charge in [0.15, 0.2) is 0 Å². The number of hydrogen-bond donors (Lipinski definition) is 0. The van der Waals surface area contributed by atoms with Crippen LogP contribution in [0.2, 0.25) is 0 Å². The van der Waals surface area contributed by atoms with Crippen molar-refractivity contribution in [1.82, 2.24) is 4.98 Å². The lowest BCUT2D eigenvalue weighted by Crippen LogP contribution is -2.08. The normalized spacial score (nSPS) is 9.76. The monoisotopic (exact) mass is 282 g/mol. The van der Waals surface area contributed by atoms with Crippen LogP contribution in [-0.2, 0) is 16.0 Å². The molecule has 0 saturated heterocycles. The van der Waals surface area contributed by atoms with Crippen molar-refractivity contribution in [2.45, 2.75) is 13.3 Å². The summed E-state index contributed by atoms with van der Waals surface area (Å²) < 4.78 is 10.3. The van der Waals surface area contributed by atoms with Gasteiger partial charge < -0.3 is 9.47 Å². The summed E-state index contributed by atoms with van der Waals surface area (Å²) in [7, 11) is 1.31. The largest absolute Gasteiger partial charge is 0.469 e. The molecule has 0 bridgehead atoms. The smallest absolute Gasteiger partial charge is 0.310 e. The molecule has 0 aliphatic carbocycles. The molecule has 5 heteroatoms. The van der Waals surface area contributed by atoms with Crippen LogP contribution >= 0.6 is 0 Å². The van der Waals surface area contributed by atoms with E-state index in [1.807, 2.05) is 24.3 Å². The van der Waals surface area contributed by atoms with E-state index in [0.717, 1.165) is 0 Å². The Bertz CT molecular complexity index is 691. The molecule has 5 nitrogen and oxygen atoms in total. The molecule has 0 N–H and O–H groups in total. The van der Waals surface area contributed by atoms with Crippen molar-refractivity contribution in [2.24, 2.45) is 0 Å². The van der Waals surface area contributed by atoms with E-state index < -0.39 is 5.97 Å². The van der Waals surface area contributed by atoms with E-state index in [1.165, 1.54) is 7.11 Å². The molecule has 2 aromatic rings. The van der Waals surface area contributed by atoms with Crippen LogP contribution in [0.25, 0.3) is 0 Å². The topological polar surface area (TPSA) is 72.2 Å². The van der Waals surface area contributed by atoms with Crippen LogP contribution in [0.3, 0.4) is 0 Å². The van der Waals surface area contributed by atoms with E-state index in [9.17, 15) is 10.1 Å². The van der Waals surface area contributed by atoms with Crippen LogP contribution in [0, 0.1) is 18.3 Å². The third kappa shape index (κ3) is 3.57. The molecule has 0 atom stereocenters. The summed E-state index contributed by atoms with van der Waals surface area (Å²) in [6.45, 7) is 1.78. The van der Waals surface area contributed by atoms with Crippen LogP contribution in [0.4, 0.5) is 0 Å². The summed E-state index contributed by atoms with van der Waals surface area (Å²) in [5, 5.41) is 9.33. The average molecular weight is 282 g/mol. The van der Waals surface area contributed by atoms with Crippen molar-refractivity contribution in [2.75, 3.05) is 7.11 Å². The Balaban J connectivity index is 2.41. The van der Waals surface area contributed by atoms with Crippen molar-refractivity contribution in [3.05, 3.63) is 53.2 Å². The van der Waals surface area contributed by atoms with E-state index in [2.05, 4.69) is 9.72 Å². The van der Waals surface area contributed by atoms with Gasteiger partial charge in [-0.15, -0.1) is 0 Å². The van der Waals surface area contributed by atoms with Gasteiger partial charge in [-0.25, -0.2) is 4.98 Å². The quantitative estimate of drug-likeness (QED) is 0.806. The van der Waals surface area contributed by atoms with Gasteiger partial charge in [0.2, 0.25) is 5.88 Å². The van der Waals surface area contributed by atoms with E-state index in [4.69, 9.17) is 4.74 Å². The lowest BCUT2D eigenvalue weighted by molar-refractivity contribution is -0.139. The maximum atomic E-state index is 11.4. The fourth-order valence-corrected chi connectivity index (χ4v) is 1.87. The molecule has 0 spiro atoms. The Morgan fingerprint density at radius 3 is 2.67 bits per heavy atom. The number of aromatic nitrogens is 1. The SMILES string of the molecule is COC(=O)Cc1cc(C)nc(Oc2ccccc2)c1C#N. The van der Waals surface area contributed by atoms with Crippen LogP contribution in [0.1, 0.15) is 16.8 Å². The second-order valence-corrected chi connectivity index (χ2v) is 4.38. The molecule has 1 aromatic heterocycles. The van der Waals surface area contributed by atoms with Gasteiger partial charge in [-0.1, -0.05) is 18.2 Å². The maximum absolute atomic E-state index is 11.4. The minimum atomic E-state index is -0.414. The molecule has 1 aromatic carbocycles. The van der Waals surface area contributed by atoms with Crippen molar-refractivity contribution in [1.29, 1.82) is 5.26 Å². The first-order valence-corrected chi connectivity index (χ1v) is 6.34. The maximum Gasteiger partial charge on any atom is 0.310 e. The number of aryl methyl sites for hydroxylation is 1. The summed E-state index contributed by atoms with van der Waals surface area (Å²) in [6.07, 6.45) is 0.00784. The number of nitriles is 1. The summed E-state index contributed by atoms with van der Waals surface area (Å²) >= 11 is 0. The van der Waals surface area contributed by atoms with E-state index in [0.29, 0.717) is 17.0 Å². The van der Waals surface area contributed by atoms with Gasteiger partial charge >= 0.3 is 5.97 Å². The zero-order chi connectivity index (χ0) is 15.2. The third-order valence-corrected chi connectivity index (χ3v) is 2.83. The zero-order valence-corrected chi connectivity index (χ0v) is 11.8. The molecule has 0 amide bonds. The summed E-state index contributed by atoms with van der Waals surface area (Å²) in [6, 6.07) is 12.8. The van der Waals surface area contributed by atoms with Crippen LogP contribution in [-0.4, -0.2) is 18.1 Å². The standard InChI is InChI=1S/C16H14N2O3/c1-11-8-12(9-15(19)20-2)14(10-17)16(18-11)21-13-6-4-3-5-7-13/h3-8H,9H2,1-2H3. The van der Waals surface area contributed by atoms with Crippen LogP contribution in [0.15, 0.2) is 36.4 Å². The highest BCUT2D eigenvalue weighted by Crippen LogP contribution is 2.26. The second kappa shape index (κ2) is 6.53. The number of nitrogens with zero attached hydrogens (tertiary/aromatic N) is 2. The van der Waals surface area contributed by atoms with Crippen LogP contribution < -0.4 is 4.74 Å². The molecule has 0 radical (unpaired) electrons. The van der Waals surface area contributed by atoms with Gasteiger partial charge in [-0.3, -0.25) is 4.79 Å². The average Bonchev–Trinajstić information content (AvgIpc) is 2.48. The molecule has 0 unspecified atom stereocenters. The molecule has 0 saturated carbocycles. The number of rotatable bonds is 4. The molecule has 21 heavy (non-hydrogen) atoms. The van der Waals surface area contributed by atoms with E-state index >= 15 is 0 Å². The molecule has 106 valence electrons. The lowest BCUT2D eigenvalue weighted by atomic mass is 10.1. The number of ether oxygens (including phenoxy) is 2. The summed E-state index contributed by atoms with van der Waals surface area (Å²) in [5.41, 5.74) is 1.46. The Labute approximate surface area is 122 Å². The van der Waals surface area contributed by atoms with E-state index in [1.54, 1.807) is 25.1 Å². The Morgan fingerprint density at radius 2 is 2.05 bits per heavy atom. The van der Waals surface area contributed by atoms with Gasteiger partial charge in [0.1, 0.15) is 17.4 Å². The van der Waals surface area contributed by atoms with Gasteiger partial charge in [-0.2, -0.15) is 5.26 Å². The first-order chi connectivity index (χ1) is 10.1. The highest BCUT2D eigenvalue weighted by molar-refractivity contribution is 5.74. The van der Waals surface area contributed by atoms with Crippen molar-refractivity contribution in [3.63, 3.8) is 0 Å². The summed E-state index contributed by atoms with van der Waals surface area (Å²) in [5.74, 6) is 0.362. The number of benzene rings is 1. The third-order valence-electron chi connectivity index (χ3n) is 2.83. The Hall–Kier alpha value is -2.87. The highest BCUT2D eigenvalue weighted by Gasteiger charge is 2.16. The number of hydrogen-bond acceptors (Lipinski definition) is 5. The molecular weight excluding hydrogens is 268 g/mol. The first-order valence-electron chi connectivity index (χ1n) is 6.34. The van der Waals surface area contributed by atoms with Gasteiger partial charge in [-0.05, 0) is 30.7 Å². The van der Waals surface area contributed by atoms with Gasteiger partial charge in [0, 0.05) is 5.69 Å². The molecule has 0 aliphatic rings. The minimum absolute atomic E-state index is 0.00784. The zero-order valence-electron chi connectivity index (χ0n) is 11.8. The number of pyridine rings is 1. The van der Waals surface area contributed by atoms with Crippen molar-refractivity contribution >= 4 is 5.97 Å². The molecule has 0 aliphatic heterocycles. The lowest BCUT2D eigenvalue weighted by Gasteiger charge is -2.10. The fraction of sp³-hybridized carbons (Fsp3) is 0.188. The van der Waals surface area contributed by atoms with Gasteiger partial charge in [0.25, 0.3) is 0 Å². The number of esters is 1. The molecule has 0 fully saturated rings. The first kappa shape index (κ1) is 14.5. The van der Waals surface area contributed by atoms with Crippen molar-refractivity contribution in [3.8, 4) is 17.7 Å². The van der Waals surface area contributed by atoms with Crippen LogP contribution in [0.5, 0.6) is 11.6 Å². The second-order valence-electron chi connectivity index (χ2n) is 4.38. The van der Waals surface area contributed by atoms with Crippen molar-refractivity contribution < 1.29 is 14.3 Å². The number of carbonyl (C=O) groups is 1. The highest BCUT2D eigenvalue weighted by atomic mass is 16.5. The molecular formula is C16H14N2O3.